The van der Waals surface area contributed by atoms with Gasteiger partial charge in [0.05, 0.1) is 0 Å². The van der Waals surface area contributed by atoms with Crippen molar-refractivity contribution in [2.75, 3.05) is 0 Å². The number of alkyl halides is 3. The SMILES string of the molecule is Cc1cccc(C)c1C[C@H](NC(=O)C(F)(F)F)C(=O)O. The molecule has 1 rings (SSSR count). The predicted octanol–water partition coefficient (Wildman–Crippen LogP) is 1.98. The molecule has 0 aromatic heterocycles. The molecule has 1 aromatic rings. The van der Waals surface area contributed by atoms with Crippen LogP contribution in [0.5, 0.6) is 0 Å². The maximum Gasteiger partial charge on any atom is 0.471 e. The molecule has 0 saturated carbocycles. The fourth-order valence-corrected chi connectivity index (χ4v) is 1.82. The third-order valence-corrected chi connectivity index (χ3v) is 2.91. The van der Waals surface area contributed by atoms with E-state index in [0.717, 1.165) is 11.1 Å². The van der Waals surface area contributed by atoms with Crippen molar-refractivity contribution in [3.63, 3.8) is 0 Å². The Kier molecular flexibility index (Phi) is 4.75. The van der Waals surface area contributed by atoms with Crippen LogP contribution in [0.15, 0.2) is 18.2 Å². The largest absolute Gasteiger partial charge is 0.480 e. The number of amides is 1. The zero-order valence-electron chi connectivity index (χ0n) is 10.9. The quantitative estimate of drug-likeness (QED) is 0.890. The van der Waals surface area contributed by atoms with Gasteiger partial charge >= 0.3 is 18.1 Å². The Morgan fingerprint density at radius 1 is 1.25 bits per heavy atom. The van der Waals surface area contributed by atoms with Gasteiger partial charge in [-0.1, -0.05) is 18.2 Å². The third kappa shape index (κ3) is 3.97. The summed E-state index contributed by atoms with van der Waals surface area (Å²) >= 11 is 0. The molecule has 0 spiro atoms. The van der Waals surface area contributed by atoms with Crippen LogP contribution in [0.4, 0.5) is 13.2 Å². The molecular formula is C13H14F3NO3. The Bertz CT molecular complexity index is 506. The van der Waals surface area contributed by atoms with Gasteiger partial charge in [0.25, 0.3) is 0 Å². The van der Waals surface area contributed by atoms with E-state index in [2.05, 4.69) is 0 Å². The van der Waals surface area contributed by atoms with E-state index < -0.39 is 24.1 Å². The van der Waals surface area contributed by atoms with E-state index >= 15 is 0 Å². The number of aryl methyl sites for hydroxylation is 2. The first kappa shape index (κ1) is 16.0. The number of halogens is 3. The number of carbonyl (C=O) groups is 2. The molecule has 0 aliphatic carbocycles. The first-order chi connectivity index (χ1) is 9.12. The molecule has 1 amide bonds. The topological polar surface area (TPSA) is 66.4 Å². The summed E-state index contributed by atoms with van der Waals surface area (Å²) in [6.07, 6.45) is -5.30. The lowest BCUT2D eigenvalue weighted by molar-refractivity contribution is -0.175. The van der Waals surface area contributed by atoms with Crippen LogP contribution in [-0.4, -0.2) is 29.2 Å². The van der Waals surface area contributed by atoms with Crippen LogP contribution in [0.2, 0.25) is 0 Å². The van der Waals surface area contributed by atoms with E-state index in [-0.39, 0.29) is 6.42 Å². The minimum absolute atomic E-state index is 0.199. The molecular weight excluding hydrogens is 275 g/mol. The van der Waals surface area contributed by atoms with Crippen LogP contribution in [-0.2, 0) is 16.0 Å². The Morgan fingerprint density at radius 2 is 1.75 bits per heavy atom. The van der Waals surface area contributed by atoms with Crippen LogP contribution in [0, 0.1) is 13.8 Å². The molecule has 20 heavy (non-hydrogen) atoms. The minimum Gasteiger partial charge on any atom is -0.480 e. The van der Waals surface area contributed by atoms with E-state index in [0.29, 0.717) is 5.56 Å². The number of carboxylic acid groups (broad SMARTS) is 1. The maximum atomic E-state index is 12.2. The second-order valence-corrected chi connectivity index (χ2v) is 4.44. The minimum atomic E-state index is -5.10. The molecule has 0 fully saturated rings. The first-order valence-corrected chi connectivity index (χ1v) is 5.78. The molecule has 0 saturated heterocycles. The van der Waals surface area contributed by atoms with Crippen molar-refractivity contribution in [3.05, 3.63) is 34.9 Å². The van der Waals surface area contributed by atoms with Crippen molar-refractivity contribution in [1.82, 2.24) is 5.32 Å². The van der Waals surface area contributed by atoms with Gasteiger partial charge in [0.15, 0.2) is 0 Å². The number of nitrogens with one attached hydrogen (secondary N) is 1. The maximum absolute atomic E-state index is 12.2. The smallest absolute Gasteiger partial charge is 0.471 e. The molecule has 7 heteroatoms. The highest BCUT2D eigenvalue weighted by molar-refractivity contribution is 5.87. The molecule has 0 radical (unpaired) electrons. The van der Waals surface area contributed by atoms with E-state index in [1.54, 1.807) is 32.0 Å². The highest BCUT2D eigenvalue weighted by atomic mass is 19.4. The van der Waals surface area contributed by atoms with Crippen molar-refractivity contribution in [2.24, 2.45) is 0 Å². The van der Waals surface area contributed by atoms with Crippen molar-refractivity contribution in [2.45, 2.75) is 32.5 Å². The predicted molar refractivity (Wildman–Crippen MR) is 65.2 cm³/mol. The monoisotopic (exact) mass is 289 g/mol. The van der Waals surface area contributed by atoms with Crippen LogP contribution in [0.1, 0.15) is 16.7 Å². The van der Waals surface area contributed by atoms with Gasteiger partial charge in [0.1, 0.15) is 6.04 Å². The van der Waals surface area contributed by atoms with E-state index in [4.69, 9.17) is 5.11 Å². The van der Waals surface area contributed by atoms with Crippen molar-refractivity contribution in [1.29, 1.82) is 0 Å². The van der Waals surface area contributed by atoms with Crippen LogP contribution in [0.25, 0.3) is 0 Å². The van der Waals surface area contributed by atoms with Gasteiger partial charge in [-0.3, -0.25) is 4.79 Å². The summed E-state index contributed by atoms with van der Waals surface area (Å²) in [7, 11) is 0. The summed E-state index contributed by atoms with van der Waals surface area (Å²) in [5.41, 5.74) is 2.14. The Balaban J connectivity index is 2.94. The molecule has 0 aliphatic heterocycles. The normalized spacial score (nSPS) is 12.8. The molecule has 1 atom stereocenters. The number of carbonyl (C=O) groups excluding carboxylic acids is 1. The highest BCUT2D eigenvalue weighted by Crippen LogP contribution is 2.18. The van der Waals surface area contributed by atoms with Crippen molar-refractivity contribution >= 4 is 11.9 Å². The van der Waals surface area contributed by atoms with Gasteiger partial charge in [-0.05, 0) is 30.5 Å². The molecule has 110 valence electrons. The summed E-state index contributed by atoms with van der Waals surface area (Å²) in [5, 5.41) is 10.4. The number of benzene rings is 1. The van der Waals surface area contributed by atoms with Gasteiger partial charge in [-0.15, -0.1) is 0 Å². The molecule has 4 nitrogen and oxygen atoms in total. The highest BCUT2D eigenvalue weighted by Gasteiger charge is 2.40. The van der Waals surface area contributed by atoms with Gasteiger partial charge in [0, 0.05) is 6.42 Å². The summed E-state index contributed by atoms with van der Waals surface area (Å²) in [6, 6.07) is 3.60. The summed E-state index contributed by atoms with van der Waals surface area (Å²) in [6.45, 7) is 3.46. The standard InChI is InChI=1S/C13H14F3NO3/c1-7-4-3-5-8(2)9(7)6-10(11(18)19)17-12(20)13(14,15)16/h3-5,10H,6H2,1-2H3,(H,17,20)(H,18,19)/t10-/m0/s1. The van der Waals surface area contributed by atoms with E-state index in [1.165, 1.54) is 5.32 Å². The molecule has 0 heterocycles. The molecule has 2 N–H and O–H groups in total. The number of hydrogen-bond acceptors (Lipinski definition) is 2. The lowest BCUT2D eigenvalue weighted by Gasteiger charge is -2.18. The molecule has 0 aliphatic rings. The van der Waals surface area contributed by atoms with Gasteiger partial charge in [-0.2, -0.15) is 13.2 Å². The lowest BCUT2D eigenvalue weighted by atomic mass is 9.96. The van der Waals surface area contributed by atoms with E-state index in [9.17, 15) is 22.8 Å². The van der Waals surface area contributed by atoms with Crippen LogP contribution in [0.3, 0.4) is 0 Å². The summed E-state index contributed by atoms with van der Waals surface area (Å²) in [4.78, 5) is 21.8. The lowest BCUT2D eigenvalue weighted by Crippen LogP contribution is -2.48. The number of rotatable bonds is 4. The zero-order chi connectivity index (χ0) is 15.5. The first-order valence-electron chi connectivity index (χ1n) is 5.78. The van der Waals surface area contributed by atoms with Crippen LogP contribution < -0.4 is 5.32 Å². The Labute approximate surface area is 113 Å². The molecule has 0 bridgehead atoms. The Morgan fingerprint density at radius 3 is 2.15 bits per heavy atom. The average Bonchev–Trinajstić information content (AvgIpc) is 2.30. The van der Waals surface area contributed by atoms with Crippen molar-refractivity contribution < 1.29 is 27.9 Å². The van der Waals surface area contributed by atoms with Gasteiger partial charge in [0.2, 0.25) is 0 Å². The van der Waals surface area contributed by atoms with Crippen molar-refractivity contribution in [3.8, 4) is 0 Å². The van der Waals surface area contributed by atoms with Crippen LogP contribution >= 0.6 is 0 Å². The third-order valence-electron chi connectivity index (χ3n) is 2.91. The second-order valence-electron chi connectivity index (χ2n) is 4.44. The van der Waals surface area contributed by atoms with Gasteiger partial charge in [-0.25, -0.2) is 4.79 Å². The number of hydrogen-bond donors (Lipinski definition) is 2. The average molecular weight is 289 g/mol. The number of carboxylic acids is 1. The molecule has 0 unspecified atom stereocenters. The zero-order valence-corrected chi connectivity index (χ0v) is 10.9. The fraction of sp³-hybridized carbons (Fsp3) is 0.385. The van der Waals surface area contributed by atoms with Gasteiger partial charge < -0.3 is 10.4 Å². The summed E-state index contributed by atoms with van der Waals surface area (Å²) in [5.74, 6) is -3.76. The number of aliphatic carboxylic acids is 1. The second kappa shape index (κ2) is 5.94. The Hall–Kier alpha value is -2.05. The summed E-state index contributed by atoms with van der Waals surface area (Å²) < 4.78 is 36.5. The fourth-order valence-electron chi connectivity index (χ4n) is 1.82. The molecule has 1 aromatic carbocycles. The van der Waals surface area contributed by atoms with E-state index in [1.807, 2.05) is 0 Å².